The van der Waals surface area contributed by atoms with Crippen LogP contribution in [0.2, 0.25) is 0 Å². The number of esters is 1. The predicted molar refractivity (Wildman–Crippen MR) is 69.9 cm³/mol. The van der Waals surface area contributed by atoms with E-state index in [0.717, 1.165) is 5.56 Å². The number of carbonyl (C=O) groups is 1. The van der Waals surface area contributed by atoms with Crippen molar-refractivity contribution in [2.24, 2.45) is 5.92 Å². The number of ether oxygens (including phenoxy) is 1. The fourth-order valence-electron chi connectivity index (χ4n) is 1.42. The van der Waals surface area contributed by atoms with E-state index >= 15 is 0 Å². The third kappa shape index (κ3) is 3.32. The molecule has 0 radical (unpaired) electrons. The van der Waals surface area contributed by atoms with Crippen LogP contribution >= 0.6 is 0 Å². The van der Waals surface area contributed by atoms with E-state index in [1.807, 2.05) is 65.0 Å². The van der Waals surface area contributed by atoms with Crippen LogP contribution in [-0.2, 0) is 14.9 Å². The summed E-state index contributed by atoms with van der Waals surface area (Å²) in [5.41, 5.74) is 0.394. The maximum Gasteiger partial charge on any atom is 0.316 e. The first kappa shape index (κ1) is 13.8. The van der Waals surface area contributed by atoms with Gasteiger partial charge in [0.2, 0.25) is 0 Å². The zero-order valence-electron chi connectivity index (χ0n) is 11.4. The van der Waals surface area contributed by atoms with Crippen molar-refractivity contribution in [3.8, 4) is 0 Å². The molecule has 0 spiro atoms. The molecule has 0 aromatic heterocycles. The van der Waals surface area contributed by atoms with Crippen LogP contribution in [0.15, 0.2) is 30.3 Å². The fourth-order valence-corrected chi connectivity index (χ4v) is 1.42. The molecule has 0 bridgehead atoms. The summed E-state index contributed by atoms with van der Waals surface area (Å²) in [5, 5.41) is 0. The second kappa shape index (κ2) is 5.35. The van der Waals surface area contributed by atoms with E-state index in [2.05, 4.69) is 0 Å². The monoisotopic (exact) mass is 234 g/mol. The number of rotatable bonds is 4. The second-order valence-corrected chi connectivity index (χ2v) is 5.35. The van der Waals surface area contributed by atoms with Gasteiger partial charge in [0.05, 0.1) is 5.41 Å². The predicted octanol–water partition coefficient (Wildman–Crippen LogP) is 3.55. The minimum Gasteiger partial charge on any atom is -0.462 e. The first-order valence-electron chi connectivity index (χ1n) is 6.12. The molecule has 1 rings (SSSR count). The quantitative estimate of drug-likeness (QED) is 0.745. The lowest BCUT2D eigenvalue weighted by Gasteiger charge is -2.26. The zero-order valence-corrected chi connectivity index (χ0v) is 11.4. The molecule has 0 saturated carbocycles. The first-order chi connectivity index (χ1) is 7.85. The van der Waals surface area contributed by atoms with Gasteiger partial charge in [0, 0.05) is 0 Å². The lowest BCUT2D eigenvalue weighted by Crippen LogP contribution is -2.34. The van der Waals surface area contributed by atoms with Gasteiger partial charge in [-0.3, -0.25) is 4.79 Å². The van der Waals surface area contributed by atoms with Gasteiger partial charge in [0.15, 0.2) is 0 Å². The molecule has 1 atom stereocenters. The molecular weight excluding hydrogens is 212 g/mol. The Morgan fingerprint density at radius 3 is 2.12 bits per heavy atom. The van der Waals surface area contributed by atoms with Crippen LogP contribution in [0.4, 0.5) is 0 Å². The van der Waals surface area contributed by atoms with Crippen LogP contribution in [0.25, 0.3) is 0 Å². The Morgan fingerprint density at radius 2 is 1.65 bits per heavy atom. The Morgan fingerprint density at radius 1 is 1.12 bits per heavy atom. The summed E-state index contributed by atoms with van der Waals surface area (Å²) < 4.78 is 5.49. The highest BCUT2D eigenvalue weighted by Crippen LogP contribution is 2.25. The molecule has 94 valence electrons. The summed E-state index contributed by atoms with van der Waals surface area (Å²) in [5.74, 6) is 0.176. The highest BCUT2D eigenvalue weighted by molar-refractivity contribution is 5.82. The molecule has 0 aliphatic heterocycles. The molecule has 1 aromatic rings. The third-order valence-corrected chi connectivity index (χ3v) is 3.24. The smallest absolute Gasteiger partial charge is 0.316 e. The van der Waals surface area contributed by atoms with E-state index in [1.165, 1.54) is 0 Å². The van der Waals surface area contributed by atoms with Crippen molar-refractivity contribution in [2.45, 2.75) is 46.1 Å². The Labute approximate surface area is 104 Å². The summed E-state index contributed by atoms with van der Waals surface area (Å²) in [7, 11) is 0. The van der Waals surface area contributed by atoms with Gasteiger partial charge in [-0.25, -0.2) is 0 Å². The highest BCUT2D eigenvalue weighted by Gasteiger charge is 2.32. The van der Waals surface area contributed by atoms with Crippen LogP contribution in [0.5, 0.6) is 0 Å². The number of benzene rings is 1. The molecule has 0 aliphatic rings. The Balaban J connectivity index is 2.81. The Hall–Kier alpha value is -1.31. The summed E-state index contributed by atoms with van der Waals surface area (Å²) in [4.78, 5) is 12.2. The van der Waals surface area contributed by atoms with Gasteiger partial charge in [0.25, 0.3) is 0 Å². The SMILES string of the molecule is CC(C)C(C)OC(=O)C(C)(C)c1ccccc1. The number of carbonyl (C=O) groups excluding carboxylic acids is 1. The van der Waals surface area contributed by atoms with Gasteiger partial charge in [-0.05, 0) is 32.3 Å². The maximum absolute atomic E-state index is 12.2. The van der Waals surface area contributed by atoms with Crippen molar-refractivity contribution in [1.29, 1.82) is 0 Å². The summed E-state index contributed by atoms with van der Waals surface area (Å²) in [6.45, 7) is 9.83. The van der Waals surface area contributed by atoms with Gasteiger partial charge in [-0.15, -0.1) is 0 Å². The van der Waals surface area contributed by atoms with Crippen LogP contribution in [0.3, 0.4) is 0 Å². The molecule has 0 heterocycles. The van der Waals surface area contributed by atoms with Crippen LogP contribution in [0.1, 0.15) is 40.2 Å². The van der Waals surface area contributed by atoms with E-state index < -0.39 is 5.41 Å². The lowest BCUT2D eigenvalue weighted by atomic mass is 9.85. The molecular formula is C15H22O2. The Kier molecular flexibility index (Phi) is 4.33. The van der Waals surface area contributed by atoms with Gasteiger partial charge in [-0.1, -0.05) is 44.2 Å². The largest absolute Gasteiger partial charge is 0.462 e. The minimum atomic E-state index is -0.593. The topological polar surface area (TPSA) is 26.3 Å². The first-order valence-corrected chi connectivity index (χ1v) is 6.12. The van der Waals surface area contributed by atoms with Crippen LogP contribution in [-0.4, -0.2) is 12.1 Å². The highest BCUT2D eigenvalue weighted by atomic mass is 16.5. The Bertz CT molecular complexity index is 366. The van der Waals surface area contributed by atoms with Crippen molar-refractivity contribution < 1.29 is 9.53 Å². The minimum absolute atomic E-state index is 0.0505. The molecule has 0 amide bonds. The average molecular weight is 234 g/mol. The van der Waals surface area contributed by atoms with E-state index in [1.54, 1.807) is 0 Å². The van der Waals surface area contributed by atoms with Gasteiger partial charge >= 0.3 is 5.97 Å². The zero-order chi connectivity index (χ0) is 13.1. The third-order valence-electron chi connectivity index (χ3n) is 3.24. The van der Waals surface area contributed by atoms with Crippen molar-refractivity contribution >= 4 is 5.97 Å². The molecule has 2 heteroatoms. The fraction of sp³-hybridized carbons (Fsp3) is 0.533. The normalized spacial score (nSPS) is 13.5. The van der Waals surface area contributed by atoms with Gasteiger partial charge in [0.1, 0.15) is 6.10 Å². The van der Waals surface area contributed by atoms with E-state index in [-0.39, 0.29) is 12.1 Å². The standard InChI is InChI=1S/C15H22O2/c1-11(2)12(3)17-14(16)15(4,5)13-9-7-6-8-10-13/h6-12H,1-5H3. The van der Waals surface area contributed by atoms with Gasteiger partial charge < -0.3 is 4.74 Å². The van der Waals surface area contributed by atoms with Crippen LogP contribution < -0.4 is 0 Å². The second-order valence-electron chi connectivity index (χ2n) is 5.35. The van der Waals surface area contributed by atoms with Gasteiger partial charge in [-0.2, -0.15) is 0 Å². The van der Waals surface area contributed by atoms with Crippen molar-refractivity contribution in [3.63, 3.8) is 0 Å². The summed E-state index contributed by atoms with van der Waals surface area (Å²) >= 11 is 0. The molecule has 0 aliphatic carbocycles. The van der Waals surface area contributed by atoms with Crippen molar-refractivity contribution in [3.05, 3.63) is 35.9 Å². The molecule has 1 aromatic carbocycles. The molecule has 0 fully saturated rings. The molecule has 1 unspecified atom stereocenters. The summed E-state index contributed by atoms with van der Waals surface area (Å²) in [6, 6.07) is 9.75. The van der Waals surface area contributed by atoms with E-state index in [9.17, 15) is 4.79 Å². The van der Waals surface area contributed by atoms with E-state index in [0.29, 0.717) is 5.92 Å². The molecule has 0 saturated heterocycles. The van der Waals surface area contributed by atoms with Crippen LogP contribution in [0, 0.1) is 5.92 Å². The van der Waals surface area contributed by atoms with Crippen molar-refractivity contribution in [2.75, 3.05) is 0 Å². The number of hydrogen-bond acceptors (Lipinski definition) is 2. The maximum atomic E-state index is 12.2. The molecule has 0 N–H and O–H groups in total. The lowest BCUT2D eigenvalue weighted by molar-refractivity contribution is -0.156. The van der Waals surface area contributed by atoms with Crippen molar-refractivity contribution in [1.82, 2.24) is 0 Å². The molecule has 2 nitrogen and oxygen atoms in total. The average Bonchev–Trinajstić information content (AvgIpc) is 2.29. The summed E-state index contributed by atoms with van der Waals surface area (Å²) in [6.07, 6.45) is -0.0505. The molecule has 17 heavy (non-hydrogen) atoms. The number of hydrogen-bond donors (Lipinski definition) is 0. The van der Waals surface area contributed by atoms with E-state index in [4.69, 9.17) is 4.74 Å².